The molecule has 1 fully saturated rings. The number of ketones is 1. The first-order valence-electron chi connectivity index (χ1n) is 8.51. The molecule has 3 rings (SSSR count). The van der Waals surface area contributed by atoms with Gasteiger partial charge < -0.3 is 4.74 Å². The van der Waals surface area contributed by atoms with Crippen molar-refractivity contribution in [3.63, 3.8) is 0 Å². The van der Waals surface area contributed by atoms with Gasteiger partial charge in [-0.1, -0.05) is 18.2 Å². The monoisotopic (exact) mass is 339 g/mol. The Labute approximate surface area is 146 Å². The Morgan fingerprint density at radius 2 is 1.68 bits per heavy atom. The van der Waals surface area contributed by atoms with Crippen LogP contribution in [0.4, 0.5) is 5.69 Å². The summed E-state index contributed by atoms with van der Waals surface area (Å²) in [5.41, 5.74) is 1.79. The van der Waals surface area contributed by atoms with Crippen LogP contribution in [0.1, 0.15) is 47.5 Å². The number of non-ortho nitro benzene ring substituents is 1. The summed E-state index contributed by atoms with van der Waals surface area (Å²) < 4.78 is 5.45. The molecule has 2 aromatic rings. The lowest BCUT2D eigenvalue weighted by atomic mass is 9.76. The van der Waals surface area contributed by atoms with E-state index < -0.39 is 4.92 Å². The molecule has 0 atom stereocenters. The number of nitro benzene ring substituents is 1. The zero-order valence-corrected chi connectivity index (χ0v) is 14.2. The number of carbonyl (C=O) groups is 1. The molecule has 2 aromatic carbocycles. The predicted octanol–water partition coefficient (Wildman–Crippen LogP) is 4.76. The predicted molar refractivity (Wildman–Crippen MR) is 95.1 cm³/mol. The molecule has 25 heavy (non-hydrogen) atoms. The number of hydrogen-bond acceptors (Lipinski definition) is 4. The van der Waals surface area contributed by atoms with Gasteiger partial charge >= 0.3 is 0 Å². The fourth-order valence-electron chi connectivity index (χ4n) is 3.65. The molecule has 1 aliphatic rings. The number of nitrogens with zero attached hydrogens (tertiary/aromatic N) is 1. The molecule has 0 spiro atoms. The number of ether oxygens (including phenoxy) is 1. The molecule has 130 valence electrons. The summed E-state index contributed by atoms with van der Waals surface area (Å²) in [7, 11) is 1.68. The first-order chi connectivity index (χ1) is 12.1. The van der Waals surface area contributed by atoms with Crippen molar-refractivity contribution >= 4 is 11.5 Å². The Morgan fingerprint density at radius 3 is 2.28 bits per heavy atom. The third-order valence-corrected chi connectivity index (χ3v) is 5.04. The highest BCUT2D eigenvalue weighted by Gasteiger charge is 2.29. The highest BCUT2D eigenvalue weighted by Crippen LogP contribution is 2.40. The molecular formula is C20H21NO4. The van der Waals surface area contributed by atoms with Crippen LogP contribution in [0.3, 0.4) is 0 Å². The number of Topliss-reactive ketones (excluding diaryl/α,β-unsaturated/α-hetero) is 1. The molecule has 5 heteroatoms. The van der Waals surface area contributed by atoms with Gasteiger partial charge in [-0.15, -0.1) is 0 Å². The van der Waals surface area contributed by atoms with E-state index in [1.165, 1.54) is 17.7 Å². The molecule has 0 bridgehead atoms. The Morgan fingerprint density at radius 1 is 1.04 bits per heavy atom. The lowest BCUT2D eigenvalue weighted by Crippen LogP contribution is -2.21. The highest BCUT2D eigenvalue weighted by molar-refractivity contribution is 5.98. The topological polar surface area (TPSA) is 69.4 Å². The van der Waals surface area contributed by atoms with Crippen LogP contribution in [-0.2, 0) is 0 Å². The van der Waals surface area contributed by atoms with E-state index in [4.69, 9.17) is 4.74 Å². The standard InChI is InChI=1S/C20H21NO4/c1-25-19-5-3-2-4-18(19)14-6-8-15(9-7-14)20(22)16-10-12-17(13-11-16)21(23)24/h2-5,10-15H,6-9H2,1H3. The van der Waals surface area contributed by atoms with Crippen molar-refractivity contribution in [2.75, 3.05) is 7.11 Å². The molecule has 0 aromatic heterocycles. The van der Waals surface area contributed by atoms with Crippen LogP contribution >= 0.6 is 0 Å². The summed E-state index contributed by atoms with van der Waals surface area (Å²) in [6, 6.07) is 14.0. The number of rotatable bonds is 5. The van der Waals surface area contributed by atoms with Crippen molar-refractivity contribution < 1.29 is 14.5 Å². The quantitative estimate of drug-likeness (QED) is 0.447. The maximum absolute atomic E-state index is 12.7. The molecule has 0 radical (unpaired) electrons. The number of benzene rings is 2. The second kappa shape index (κ2) is 7.47. The second-order valence-electron chi connectivity index (χ2n) is 6.46. The molecule has 5 nitrogen and oxygen atoms in total. The molecule has 0 amide bonds. The van der Waals surface area contributed by atoms with Gasteiger partial charge in [0.25, 0.3) is 5.69 Å². The molecule has 1 saturated carbocycles. The number of nitro groups is 1. The average molecular weight is 339 g/mol. The van der Waals surface area contributed by atoms with Gasteiger partial charge in [0, 0.05) is 23.6 Å². The van der Waals surface area contributed by atoms with Crippen LogP contribution in [0.2, 0.25) is 0 Å². The van der Waals surface area contributed by atoms with Crippen molar-refractivity contribution in [1.82, 2.24) is 0 Å². The molecule has 0 N–H and O–H groups in total. The second-order valence-corrected chi connectivity index (χ2v) is 6.46. The minimum atomic E-state index is -0.452. The maximum Gasteiger partial charge on any atom is 0.269 e. The third kappa shape index (κ3) is 3.71. The van der Waals surface area contributed by atoms with Gasteiger partial charge in [0.2, 0.25) is 0 Å². The zero-order valence-electron chi connectivity index (χ0n) is 14.2. The molecule has 0 unspecified atom stereocenters. The normalized spacial score (nSPS) is 20.0. The van der Waals surface area contributed by atoms with E-state index in [0.29, 0.717) is 11.5 Å². The van der Waals surface area contributed by atoms with Crippen LogP contribution in [-0.4, -0.2) is 17.8 Å². The summed E-state index contributed by atoms with van der Waals surface area (Å²) in [4.78, 5) is 22.9. The van der Waals surface area contributed by atoms with Gasteiger partial charge in [0.15, 0.2) is 5.78 Å². The minimum absolute atomic E-state index is 0.00702. The van der Waals surface area contributed by atoms with Gasteiger partial charge in [-0.3, -0.25) is 14.9 Å². The third-order valence-electron chi connectivity index (χ3n) is 5.04. The van der Waals surface area contributed by atoms with E-state index in [1.54, 1.807) is 19.2 Å². The average Bonchev–Trinajstić information content (AvgIpc) is 2.67. The maximum atomic E-state index is 12.7. The molecule has 0 saturated heterocycles. The van der Waals surface area contributed by atoms with E-state index in [1.807, 2.05) is 18.2 Å². The Balaban J connectivity index is 1.65. The first-order valence-corrected chi connectivity index (χ1v) is 8.51. The van der Waals surface area contributed by atoms with Crippen LogP contribution in [0.25, 0.3) is 0 Å². The van der Waals surface area contributed by atoms with E-state index in [0.717, 1.165) is 31.4 Å². The van der Waals surface area contributed by atoms with Crippen molar-refractivity contribution in [3.8, 4) is 5.75 Å². The van der Waals surface area contributed by atoms with Gasteiger partial charge in [-0.2, -0.15) is 0 Å². The van der Waals surface area contributed by atoms with Crippen molar-refractivity contribution in [2.45, 2.75) is 31.6 Å². The summed E-state index contributed by atoms with van der Waals surface area (Å²) in [6.45, 7) is 0. The fourth-order valence-corrected chi connectivity index (χ4v) is 3.65. The molecule has 1 aliphatic carbocycles. The molecule has 0 heterocycles. The number of carbonyl (C=O) groups excluding carboxylic acids is 1. The highest BCUT2D eigenvalue weighted by atomic mass is 16.6. The van der Waals surface area contributed by atoms with Gasteiger partial charge in [-0.25, -0.2) is 0 Å². The van der Waals surface area contributed by atoms with E-state index in [2.05, 4.69) is 6.07 Å². The van der Waals surface area contributed by atoms with Gasteiger partial charge in [0.05, 0.1) is 12.0 Å². The zero-order chi connectivity index (χ0) is 17.8. The summed E-state index contributed by atoms with van der Waals surface area (Å²) >= 11 is 0. The summed E-state index contributed by atoms with van der Waals surface area (Å²) in [5.74, 6) is 1.41. The first kappa shape index (κ1) is 17.1. The number of methoxy groups -OCH3 is 1. The van der Waals surface area contributed by atoms with Gasteiger partial charge in [0.1, 0.15) is 5.75 Å². The van der Waals surface area contributed by atoms with Crippen LogP contribution in [0.15, 0.2) is 48.5 Å². The van der Waals surface area contributed by atoms with Crippen LogP contribution in [0, 0.1) is 16.0 Å². The van der Waals surface area contributed by atoms with Crippen LogP contribution in [0.5, 0.6) is 5.75 Å². The number of para-hydroxylation sites is 1. The SMILES string of the molecule is COc1ccccc1C1CCC(C(=O)c2ccc([N+](=O)[O-])cc2)CC1. The largest absolute Gasteiger partial charge is 0.496 e. The van der Waals surface area contributed by atoms with E-state index in [-0.39, 0.29) is 17.4 Å². The fraction of sp³-hybridized carbons (Fsp3) is 0.350. The van der Waals surface area contributed by atoms with E-state index >= 15 is 0 Å². The smallest absolute Gasteiger partial charge is 0.269 e. The van der Waals surface area contributed by atoms with E-state index in [9.17, 15) is 14.9 Å². The Hall–Kier alpha value is -2.69. The summed E-state index contributed by atoms with van der Waals surface area (Å²) in [5, 5.41) is 10.7. The van der Waals surface area contributed by atoms with Crippen molar-refractivity contribution in [3.05, 3.63) is 69.8 Å². The van der Waals surface area contributed by atoms with Crippen LogP contribution < -0.4 is 4.74 Å². The van der Waals surface area contributed by atoms with Crippen molar-refractivity contribution in [2.24, 2.45) is 5.92 Å². The minimum Gasteiger partial charge on any atom is -0.496 e. The van der Waals surface area contributed by atoms with Crippen molar-refractivity contribution in [1.29, 1.82) is 0 Å². The Kier molecular flexibility index (Phi) is 5.12. The number of hydrogen-bond donors (Lipinski definition) is 0. The molecular weight excluding hydrogens is 318 g/mol. The lowest BCUT2D eigenvalue weighted by molar-refractivity contribution is -0.384. The van der Waals surface area contributed by atoms with Gasteiger partial charge in [-0.05, 0) is 55.4 Å². The lowest BCUT2D eigenvalue weighted by Gasteiger charge is -2.28. The summed E-state index contributed by atoms with van der Waals surface area (Å²) in [6.07, 6.45) is 3.56. The molecule has 0 aliphatic heterocycles. The Bertz CT molecular complexity index is 762.